The van der Waals surface area contributed by atoms with Crippen LogP contribution in [-0.4, -0.2) is 18.0 Å². The normalized spacial score (nSPS) is 9.93. The number of Topliss-reactive ketones (excluding diaryl/α,β-unsaturated/α-hetero) is 1. The third-order valence-corrected chi connectivity index (χ3v) is 2.04. The molecule has 0 aliphatic heterocycles. The lowest BCUT2D eigenvalue weighted by atomic mass is 10.1. The molecule has 3 nitrogen and oxygen atoms in total. The molecule has 1 aromatic rings. The molecule has 0 saturated carbocycles. The Morgan fingerprint density at radius 3 is 2.64 bits per heavy atom. The number of hydrogen-bond donors (Lipinski definition) is 1. The van der Waals surface area contributed by atoms with Crippen molar-refractivity contribution < 1.29 is 14.6 Å². The van der Waals surface area contributed by atoms with Gasteiger partial charge in [0.15, 0.2) is 0 Å². The maximum absolute atomic E-state index is 10.9. The molecule has 0 radical (unpaired) electrons. The first-order valence-electron chi connectivity index (χ1n) is 4.40. The summed E-state index contributed by atoms with van der Waals surface area (Å²) in [5.41, 5.74) is 1.47. The molecule has 0 bridgehead atoms. The van der Waals surface area contributed by atoms with Gasteiger partial charge in [-0.25, -0.2) is 0 Å². The third-order valence-electron chi connectivity index (χ3n) is 2.04. The highest BCUT2D eigenvalue weighted by molar-refractivity contribution is 5.79. The number of rotatable bonds is 3. The second kappa shape index (κ2) is 4.13. The minimum Gasteiger partial charge on any atom is -0.508 e. The molecule has 0 saturated heterocycles. The second-order valence-electron chi connectivity index (χ2n) is 3.33. The molecule has 1 aromatic carbocycles. The summed E-state index contributed by atoms with van der Waals surface area (Å²) in [6.07, 6.45) is 0.239. The summed E-state index contributed by atoms with van der Waals surface area (Å²) in [6, 6.07) is 3.31. The molecule has 76 valence electrons. The van der Waals surface area contributed by atoms with Gasteiger partial charge in [-0.2, -0.15) is 0 Å². The van der Waals surface area contributed by atoms with Gasteiger partial charge in [-0.15, -0.1) is 0 Å². The Bertz CT molecular complexity index is 356. The number of ether oxygens (including phenoxy) is 1. The van der Waals surface area contributed by atoms with Crippen LogP contribution >= 0.6 is 0 Å². The van der Waals surface area contributed by atoms with E-state index in [9.17, 15) is 9.90 Å². The number of aryl methyl sites for hydroxylation is 1. The van der Waals surface area contributed by atoms with E-state index in [2.05, 4.69) is 0 Å². The van der Waals surface area contributed by atoms with E-state index in [1.54, 1.807) is 19.2 Å². The fraction of sp³-hybridized carbons (Fsp3) is 0.364. The Morgan fingerprint density at radius 2 is 2.14 bits per heavy atom. The number of benzene rings is 1. The van der Waals surface area contributed by atoms with E-state index in [-0.39, 0.29) is 18.0 Å². The summed E-state index contributed by atoms with van der Waals surface area (Å²) in [6.45, 7) is 3.34. The predicted octanol–water partition coefficient (Wildman–Crippen LogP) is 1.84. The summed E-state index contributed by atoms with van der Waals surface area (Å²) in [4.78, 5) is 10.9. The van der Waals surface area contributed by atoms with Crippen LogP contribution in [0.5, 0.6) is 11.5 Å². The van der Waals surface area contributed by atoms with Gasteiger partial charge in [0.25, 0.3) is 0 Å². The molecule has 0 aliphatic carbocycles. The molecule has 0 heterocycles. The minimum absolute atomic E-state index is 0.0196. The Kier molecular flexibility index (Phi) is 3.12. The highest BCUT2D eigenvalue weighted by Crippen LogP contribution is 2.27. The highest BCUT2D eigenvalue weighted by Gasteiger charge is 2.08. The van der Waals surface area contributed by atoms with Crippen LogP contribution in [0.1, 0.15) is 18.1 Å². The summed E-state index contributed by atoms with van der Waals surface area (Å²) in [5.74, 6) is 0.865. The quantitative estimate of drug-likeness (QED) is 0.798. The van der Waals surface area contributed by atoms with Gasteiger partial charge in [0.2, 0.25) is 0 Å². The van der Waals surface area contributed by atoms with Gasteiger partial charge in [-0.1, -0.05) is 0 Å². The Hall–Kier alpha value is -1.51. The molecular formula is C11H14O3. The van der Waals surface area contributed by atoms with Gasteiger partial charge in [0.1, 0.15) is 17.3 Å². The van der Waals surface area contributed by atoms with Crippen LogP contribution in [0.4, 0.5) is 0 Å². The van der Waals surface area contributed by atoms with Gasteiger partial charge in [-0.3, -0.25) is 4.79 Å². The summed E-state index contributed by atoms with van der Waals surface area (Å²) < 4.78 is 5.10. The van der Waals surface area contributed by atoms with Crippen LogP contribution in [0.2, 0.25) is 0 Å². The van der Waals surface area contributed by atoms with Crippen molar-refractivity contribution in [2.75, 3.05) is 7.11 Å². The van der Waals surface area contributed by atoms with Gasteiger partial charge >= 0.3 is 0 Å². The maximum atomic E-state index is 10.9. The molecule has 0 unspecified atom stereocenters. The van der Waals surface area contributed by atoms with E-state index < -0.39 is 0 Å². The number of phenolic OH excluding ortho intramolecular Hbond substituents is 1. The van der Waals surface area contributed by atoms with Crippen molar-refractivity contribution in [1.82, 2.24) is 0 Å². The number of methoxy groups -OCH3 is 1. The molecule has 14 heavy (non-hydrogen) atoms. The summed E-state index contributed by atoms with van der Waals surface area (Å²) in [5, 5.41) is 9.55. The summed E-state index contributed by atoms with van der Waals surface area (Å²) >= 11 is 0. The molecular weight excluding hydrogens is 180 g/mol. The molecule has 0 spiro atoms. The van der Waals surface area contributed by atoms with Crippen molar-refractivity contribution >= 4 is 5.78 Å². The SMILES string of the molecule is COc1cc(CC(C)=O)c(O)cc1C. The average Bonchev–Trinajstić information content (AvgIpc) is 2.09. The molecule has 0 aliphatic rings. The Labute approximate surface area is 83.3 Å². The fourth-order valence-electron chi connectivity index (χ4n) is 1.34. The van der Waals surface area contributed by atoms with E-state index in [1.165, 1.54) is 6.92 Å². The topological polar surface area (TPSA) is 46.5 Å². The van der Waals surface area contributed by atoms with E-state index in [0.717, 1.165) is 5.56 Å². The van der Waals surface area contributed by atoms with Crippen molar-refractivity contribution in [3.05, 3.63) is 23.3 Å². The van der Waals surface area contributed by atoms with E-state index in [0.29, 0.717) is 11.3 Å². The van der Waals surface area contributed by atoms with Gasteiger partial charge in [0, 0.05) is 12.0 Å². The number of hydrogen-bond acceptors (Lipinski definition) is 3. The first-order valence-corrected chi connectivity index (χ1v) is 4.40. The molecule has 1 rings (SSSR count). The molecule has 0 amide bonds. The fourth-order valence-corrected chi connectivity index (χ4v) is 1.34. The lowest BCUT2D eigenvalue weighted by Gasteiger charge is -2.08. The maximum Gasteiger partial charge on any atom is 0.134 e. The lowest BCUT2D eigenvalue weighted by Crippen LogP contribution is -1.98. The van der Waals surface area contributed by atoms with Gasteiger partial charge < -0.3 is 9.84 Å². The highest BCUT2D eigenvalue weighted by atomic mass is 16.5. The van der Waals surface area contributed by atoms with Crippen molar-refractivity contribution in [3.8, 4) is 11.5 Å². The molecule has 0 atom stereocenters. The van der Waals surface area contributed by atoms with Crippen molar-refractivity contribution in [2.45, 2.75) is 20.3 Å². The molecule has 0 fully saturated rings. The van der Waals surface area contributed by atoms with Crippen molar-refractivity contribution in [1.29, 1.82) is 0 Å². The number of carbonyl (C=O) groups excluding carboxylic acids is 1. The molecule has 1 N–H and O–H groups in total. The summed E-state index contributed by atoms with van der Waals surface area (Å²) in [7, 11) is 1.57. The number of ketones is 1. The average molecular weight is 194 g/mol. The Morgan fingerprint density at radius 1 is 1.50 bits per heavy atom. The van der Waals surface area contributed by atoms with E-state index >= 15 is 0 Å². The zero-order chi connectivity index (χ0) is 10.7. The number of phenols is 1. The Balaban J connectivity index is 3.10. The van der Waals surface area contributed by atoms with Crippen LogP contribution in [0.25, 0.3) is 0 Å². The third kappa shape index (κ3) is 2.25. The zero-order valence-electron chi connectivity index (χ0n) is 8.63. The monoisotopic (exact) mass is 194 g/mol. The predicted molar refractivity (Wildman–Crippen MR) is 53.8 cm³/mol. The van der Waals surface area contributed by atoms with Crippen LogP contribution in [0, 0.1) is 6.92 Å². The van der Waals surface area contributed by atoms with Gasteiger partial charge in [0.05, 0.1) is 7.11 Å². The number of aromatic hydroxyl groups is 1. The van der Waals surface area contributed by atoms with E-state index in [4.69, 9.17) is 4.74 Å². The first kappa shape index (κ1) is 10.6. The van der Waals surface area contributed by atoms with Crippen LogP contribution in [-0.2, 0) is 11.2 Å². The first-order chi connectivity index (χ1) is 6.54. The standard InChI is InChI=1S/C11H14O3/c1-7-4-10(13)9(5-8(2)12)6-11(7)14-3/h4,6,13H,5H2,1-3H3. The minimum atomic E-state index is 0.0196. The van der Waals surface area contributed by atoms with Crippen molar-refractivity contribution in [3.63, 3.8) is 0 Å². The molecule has 3 heteroatoms. The van der Waals surface area contributed by atoms with Gasteiger partial charge in [-0.05, 0) is 31.5 Å². The lowest BCUT2D eigenvalue weighted by molar-refractivity contribution is -0.116. The van der Waals surface area contributed by atoms with Crippen LogP contribution < -0.4 is 4.74 Å². The molecule has 0 aromatic heterocycles. The van der Waals surface area contributed by atoms with Crippen LogP contribution in [0.3, 0.4) is 0 Å². The second-order valence-corrected chi connectivity index (χ2v) is 3.33. The largest absolute Gasteiger partial charge is 0.508 e. The smallest absolute Gasteiger partial charge is 0.134 e. The van der Waals surface area contributed by atoms with E-state index in [1.807, 2.05) is 6.92 Å². The van der Waals surface area contributed by atoms with Crippen molar-refractivity contribution in [2.24, 2.45) is 0 Å². The number of carbonyl (C=O) groups is 1. The van der Waals surface area contributed by atoms with Crippen LogP contribution in [0.15, 0.2) is 12.1 Å². The zero-order valence-corrected chi connectivity index (χ0v) is 8.63.